The molecule has 1 aromatic rings. The largest absolute Gasteiger partial charge is 0.409 e. The summed E-state index contributed by atoms with van der Waals surface area (Å²) < 4.78 is 0. The van der Waals surface area contributed by atoms with Crippen LogP contribution in [0.4, 0.5) is 0 Å². The van der Waals surface area contributed by atoms with Gasteiger partial charge < -0.3 is 16.3 Å². The summed E-state index contributed by atoms with van der Waals surface area (Å²) in [7, 11) is 0. The normalized spacial score (nSPS) is 12.3. The van der Waals surface area contributed by atoms with E-state index in [2.05, 4.69) is 15.5 Å². The highest BCUT2D eigenvalue weighted by molar-refractivity contribution is 6.33. The van der Waals surface area contributed by atoms with Crippen LogP contribution in [-0.4, -0.2) is 27.5 Å². The maximum atomic E-state index is 12.2. The first-order valence-corrected chi connectivity index (χ1v) is 6.28. The molecule has 6 nitrogen and oxygen atoms in total. The summed E-state index contributed by atoms with van der Waals surface area (Å²) in [4.78, 5) is 16.0. The van der Waals surface area contributed by atoms with Crippen molar-refractivity contribution < 1.29 is 10.0 Å². The number of hydrogen-bond donors (Lipinski definition) is 3. The molecule has 0 atom stereocenters. The van der Waals surface area contributed by atoms with Gasteiger partial charge in [-0.1, -0.05) is 30.6 Å². The molecular formula is C12H17ClN4O2. The van der Waals surface area contributed by atoms with Crippen molar-refractivity contribution in [2.75, 3.05) is 0 Å². The lowest BCUT2D eigenvalue weighted by molar-refractivity contribution is 0.0918. The van der Waals surface area contributed by atoms with Crippen LogP contribution in [0.25, 0.3) is 0 Å². The van der Waals surface area contributed by atoms with Crippen molar-refractivity contribution in [3.8, 4) is 0 Å². The van der Waals surface area contributed by atoms with Gasteiger partial charge in [0.2, 0.25) is 0 Å². The summed E-state index contributed by atoms with van der Waals surface area (Å²) in [5.41, 5.74) is 5.09. The fourth-order valence-electron chi connectivity index (χ4n) is 1.79. The Kier molecular flexibility index (Phi) is 5.11. The zero-order chi connectivity index (χ0) is 14.5. The van der Waals surface area contributed by atoms with Gasteiger partial charge in [-0.05, 0) is 18.9 Å². The van der Waals surface area contributed by atoms with E-state index in [1.54, 1.807) is 0 Å². The number of carbonyl (C=O) groups is 1. The number of amides is 1. The lowest BCUT2D eigenvalue weighted by Gasteiger charge is -2.31. The highest BCUT2D eigenvalue weighted by Crippen LogP contribution is 2.19. The summed E-state index contributed by atoms with van der Waals surface area (Å²) >= 11 is 5.91. The Bertz CT molecular complexity index is 486. The molecule has 0 spiro atoms. The molecule has 0 aromatic carbocycles. The third-order valence-electron chi connectivity index (χ3n) is 3.18. The minimum atomic E-state index is -0.890. The molecule has 1 amide bonds. The average molecular weight is 285 g/mol. The monoisotopic (exact) mass is 284 g/mol. The Labute approximate surface area is 116 Å². The zero-order valence-electron chi connectivity index (χ0n) is 10.9. The maximum absolute atomic E-state index is 12.2. The lowest BCUT2D eigenvalue weighted by Crippen LogP contribution is -2.56. The Morgan fingerprint density at radius 3 is 2.68 bits per heavy atom. The molecule has 0 unspecified atom stereocenters. The molecule has 4 N–H and O–H groups in total. The van der Waals surface area contributed by atoms with E-state index in [-0.39, 0.29) is 16.8 Å². The van der Waals surface area contributed by atoms with Gasteiger partial charge in [-0.3, -0.25) is 9.78 Å². The van der Waals surface area contributed by atoms with Crippen LogP contribution in [0.15, 0.2) is 23.6 Å². The zero-order valence-corrected chi connectivity index (χ0v) is 11.6. The molecule has 0 aliphatic carbocycles. The number of aromatic nitrogens is 1. The van der Waals surface area contributed by atoms with Crippen molar-refractivity contribution >= 4 is 23.3 Å². The summed E-state index contributed by atoms with van der Waals surface area (Å²) in [6.07, 6.45) is 3.85. The minimum absolute atomic E-state index is 0.0315. The summed E-state index contributed by atoms with van der Waals surface area (Å²) in [5.74, 6) is -0.418. The molecular weight excluding hydrogens is 268 g/mol. The van der Waals surface area contributed by atoms with Crippen LogP contribution in [0.2, 0.25) is 5.02 Å². The van der Waals surface area contributed by atoms with Crippen molar-refractivity contribution in [1.82, 2.24) is 10.3 Å². The summed E-state index contributed by atoms with van der Waals surface area (Å²) in [5, 5.41) is 14.9. The van der Waals surface area contributed by atoms with Gasteiger partial charge in [0.15, 0.2) is 5.84 Å². The second kappa shape index (κ2) is 6.38. The topological polar surface area (TPSA) is 101 Å². The number of nitrogens with one attached hydrogen (secondary N) is 1. The molecule has 1 rings (SSSR count). The molecule has 0 aliphatic rings. The lowest BCUT2D eigenvalue weighted by atomic mass is 9.91. The molecule has 0 bridgehead atoms. The molecule has 19 heavy (non-hydrogen) atoms. The second-order valence-corrected chi connectivity index (χ2v) is 4.49. The van der Waals surface area contributed by atoms with Gasteiger partial charge in [0.05, 0.1) is 10.6 Å². The van der Waals surface area contributed by atoms with Gasteiger partial charge in [-0.2, -0.15) is 0 Å². The smallest absolute Gasteiger partial charge is 0.253 e. The van der Waals surface area contributed by atoms with Crippen LogP contribution in [0.3, 0.4) is 0 Å². The number of amidine groups is 1. The Hall–Kier alpha value is -1.82. The first-order valence-electron chi connectivity index (χ1n) is 5.90. The summed E-state index contributed by atoms with van der Waals surface area (Å²) in [6, 6.07) is 1.51. The van der Waals surface area contributed by atoms with Crippen LogP contribution in [0.1, 0.15) is 37.0 Å². The maximum Gasteiger partial charge on any atom is 0.253 e. The van der Waals surface area contributed by atoms with Gasteiger partial charge >= 0.3 is 0 Å². The van der Waals surface area contributed by atoms with Crippen molar-refractivity contribution in [2.24, 2.45) is 10.9 Å². The standard InChI is InChI=1S/C12H17ClN4O2/c1-3-12(4-2,11(14)17-19)16-10(18)8-5-6-15-7-9(8)13/h5-7,19H,3-4H2,1-2H3,(H2,14,17)(H,16,18). The molecule has 1 aromatic heterocycles. The molecule has 1 heterocycles. The Morgan fingerprint density at radius 2 is 2.21 bits per heavy atom. The first-order chi connectivity index (χ1) is 9.00. The second-order valence-electron chi connectivity index (χ2n) is 4.08. The number of hydrogen-bond acceptors (Lipinski definition) is 4. The fourth-order valence-corrected chi connectivity index (χ4v) is 2.00. The number of halogens is 1. The summed E-state index contributed by atoms with van der Waals surface area (Å²) in [6.45, 7) is 3.69. The highest BCUT2D eigenvalue weighted by atomic mass is 35.5. The number of nitrogens with two attached hydrogens (primary N) is 1. The SMILES string of the molecule is CCC(CC)(NC(=O)c1ccncc1Cl)C(N)=NO. The number of nitrogens with zero attached hydrogens (tertiary/aromatic N) is 2. The van der Waals surface area contributed by atoms with E-state index >= 15 is 0 Å². The molecule has 7 heteroatoms. The molecule has 104 valence electrons. The third-order valence-corrected chi connectivity index (χ3v) is 3.48. The number of rotatable bonds is 5. The van der Waals surface area contributed by atoms with Gasteiger partial charge in [-0.25, -0.2) is 0 Å². The molecule has 0 saturated heterocycles. The molecule has 0 radical (unpaired) electrons. The van der Waals surface area contributed by atoms with Crippen LogP contribution in [0.5, 0.6) is 0 Å². The van der Waals surface area contributed by atoms with E-state index in [1.807, 2.05) is 13.8 Å². The van der Waals surface area contributed by atoms with Crippen molar-refractivity contribution in [3.63, 3.8) is 0 Å². The quantitative estimate of drug-likeness (QED) is 0.332. The van der Waals surface area contributed by atoms with Crippen molar-refractivity contribution in [2.45, 2.75) is 32.2 Å². The fraction of sp³-hybridized carbons (Fsp3) is 0.417. The predicted octanol–water partition coefficient (Wildman–Crippen LogP) is 1.77. The van der Waals surface area contributed by atoms with E-state index in [0.717, 1.165) is 0 Å². The van der Waals surface area contributed by atoms with Crippen LogP contribution < -0.4 is 11.1 Å². The van der Waals surface area contributed by atoms with Gasteiger partial charge in [0.1, 0.15) is 5.54 Å². The first kappa shape index (κ1) is 15.2. The van der Waals surface area contributed by atoms with Gasteiger partial charge in [0, 0.05) is 12.4 Å². The molecule has 0 fully saturated rings. The highest BCUT2D eigenvalue weighted by Gasteiger charge is 2.33. The Balaban J connectivity index is 3.05. The van der Waals surface area contributed by atoms with Gasteiger partial charge in [0.25, 0.3) is 5.91 Å². The number of pyridine rings is 1. The Morgan fingerprint density at radius 1 is 1.58 bits per heavy atom. The predicted molar refractivity (Wildman–Crippen MR) is 73.4 cm³/mol. The van der Waals surface area contributed by atoms with Crippen molar-refractivity contribution in [1.29, 1.82) is 0 Å². The van der Waals surface area contributed by atoms with Gasteiger partial charge in [-0.15, -0.1) is 0 Å². The van der Waals surface area contributed by atoms with E-state index < -0.39 is 5.54 Å². The molecule has 0 saturated carbocycles. The van der Waals surface area contributed by atoms with E-state index in [0.29, 0.717) is 18.4 Å². The molecule has 0 aliphatic heterocycles. The number of carbonyl (C=O) groups excluding carboxylic acids is 1. The van der Waals surface area contributed by atoms with Crippen LogP contribution >= 0.6 is 11.6 Å². The van der Waals surface area contributed by atoms with E-state index in [4.69, 9.17) is 22.5 Å². The van der Waals surface area contributed by atoms with Crippen molar-refractivity contribution in [3.05, 3.63) is 29.0 Å². The van der Waals surface area contributed by atoms with Crippen LogP contribution in [0, 0.1) is 0 Å². The average Bonchev–Trinajstić information content (AvgIpc) is 2.44. The minimum Gasteiger partial charge on any atom is -0.409 e. The van der Waals surface area contributed by atoms with Crippen LogP contribution in [-0.2, 0) is 0 Å². The third kappa shape index (κ3) is 3.14. The van der Waals surface area contributed by atoms with E-state index in [1.165, 1.54) is 18.5 Å². The van der Waals surface area contributed by atoms with E-state index in [9.17, 15) is 4.79 Å². The number of oxime groups is 1.